The number of para-hydroxylation sites is 1. The smallest absolute Gasteiger partial charge is 0.0479 e. The molecule has 0 fully saturated rings. The third-order valence-electron chi connectivity index (χ3n) is 3.77. The lowest BCUT2D eigenvalue weighted by Gasteiger charge is -2.27. The number of nitrogens with one attached hydrogen (secondary N) is 1. The molecular formula is C16H26N2O. The van der Waals surface area contributed by atoms with Crippen molar-refractivity contribution in [2.75, 3.05) is 31.7 Å². The first-order valence-electron chi connectivity index (χ1n) is 7.40. The molecule has 0 saturated heterocycles. The number of fused-ring (bicyclic) bond motifs is 1. The van der Waals surface area contributed by atoms with Gasteiger partial charge < -0.3 is 15.0 Å². The number of hydrogen-bond donors (Lipinski definition) is 1. The van der Waals surface area contributed by atoms with Gasteiger partial charge in [-0.1, -0.05) is 31.5 Å². The highest BCUT2D eigenvalue weighted by Crippen LogP contribution is 2.24. The Morgan fingerprint density at radius 2 is 2.21 bits per heavy atom. The van der Waals surface area contributed by atoms with Crippen LogP contribution in [0, 0.1) is 0 Å². The largest absolute Gasteiger partial charge is 0.385 e. The van der Waals surface area contributed by atoms with E-state index in [1.165, 1.54) is 24.1 Å². The lowest BCUT2D eigenvalue weighted by atomic mass is 10.1. The summed E-state index contributed by atoms with van der Waals surface area (Å²) < 4.78 is 5.18. The number of nitrogens with zero attached hydrogens (tertiary/aromatic N) is 1. The van der Waals surface area contributed by atoms with E-state index in [-0.39, 0.29) is 0 Å². The van der Waals surface area contributed by atoms with Gasteiger partial charge in [0.25, 0.3) is 0 Å². The number of anilines is 1. The van der Waals surface area contributed by atoms with E-state index in [0.29, 0.717) is 6.04 Å². The van der Waals surface area contributed by atoms with Gasteiger partial charge in [0.2, 0.25) is 0 Å². The van der Waals surface area contributed by atoms with Crippen molar-refractivity contribution in [3.63, 3.8) is 0 Å². The monoisotopic (exact) mass is 262 g/mol. The fourth-order valence-corrected chi connectivity index (χ4v) is 2.81. The van der Waals surface area contributed by atoms with E-state index in [1.807, 2.05) is 0 Å². The maximum Gasteiger partial charge on any atom is 0.0479 e. The van der Waals surface area contributed by atoms with Crippen LogP contribution in [-0.4, -0.2) is 32.8 Å². The first-order valence-corrected chi connectivity index (χ1v) is 7.40. The van der Waals surface area contributed by atoms with Crippen LogP contribution in [0.25, 0.3) is 0 Å². The Morgan fingerprint density at radius 3 is 3.00 bits per heavy atom. The van der Waals surface area contributed by atoms with Crippen LogP contribution in [0.4, 0.5) is 5.69 Å². The maximum atomic E-state index is 5.18. The molecule has 1 unspecified atom stereocenters. The molecule has 1 aliphatic heterocycles. The molecule has 0 aliphatic carbocycles. The molecule has 1 atom stereocenters. The number of ether oxygens (including phenoxy) is 1. The molecule has 0 amide bonds. The molecule has 106 valence electrons. The summed E-state index contributed by atoms with van der Waals surface area (Å²) in [5.41, 5.74) is 2.81. The Labute approximate surface area is 116 Å². The van der Waals surface area contributed by atoms with Gasteiger partial charge in [-0.15, -0.1) is 0 Å². The SMILES string of the molecule is CCCC1CN(CCCOC)c2ccccc2CN1. The predicted molar refractivity (Wildman–Crippen MR) is 80.7 cm³/mol. The minimum absolute atomic E-state index is 0.597. The molecule has 1 aromatic rings. The average Bonchev–Trinajstić information content (AvgIpc) is 2.60. The fourth-order valence-electron chi connectivity index (χ4n) is 2.81. The Balaban J connectivity index is 2.09. The Morgan fingerprint density at radius 1 is 1.37 bits per heavy atom. The Bertz CT molecular complexity index is 381. The van der Waals surface area contributed by atoms with Crippen molar-refractivity contribution in [1.29, 1.82) is 0 Å². The first kappa shape index (κ1) is 14.4. The molecule has 1 aliphatic rings. The van der Waals surface area contributed by atoms with Crippen molar-refractivity contribution in [2.24, 2.45) is 0 Å². The van der Waals surface area contributed by atoms with Gasteiger partial charge in [-0.05, 0) is 24.5 Å². The van der Waals surface area contributed by atoms with Crippen molar-refractivity contribution in [3.05, 3.63) is 29.8 Å². The van der Waals surface area contributed by atoms with Crippen molar-refractivity contribution < 1.29 is 4.74 Å². The summed E-state index contributed by atoms with van der Waals surface area (Å²) in [5.74, 6) is 0. The van der Waals surface area contributed by atoms with Gasteiger partial charge in [0.1, 0.15) is 0 Å². The van der Waals surface area contributed by atoms with Crippen LogP contribution in [0.3, 0.4) is 0 Å². The summed E-state index contributed by atoms with van der Waals surface area (Å²) in [6, 6.07) is 9.36. The highest BCUT2D eigenvalue weighted by molar-refractivity contribution is 5.54. The summed E-state index contributed by atoms with van der Waals surface area (Å²) in [4.78, 5) is 2.52. The average molecular weight is 262 g/mol. The third-order valence-corrected chi connectivity index (χ3v) is 3.77. The first-order chi connectivity index (χ1) is 9.35. The van der Waals surface area contributed by atoms with E-state index in [2.05, 4.69) is 41.4 Å². The molecule has 0 radical (unpaired) electrons. The van der Waals surface area contributed by atoms with Gasteiger partial charge in [0.05, 0.1) is 0 Å². The topological polar surface area (TPSA) is 24.5 Å². The van der Waals surface area contributed by atoms with Crippen LogP contribution < -0.4 is 10.2 Å². The lowest BCUT2D eigenvalue weighted by Crippen LogP contribution is -2.38. The molecule has 3 heteroatoms. The van der Waals surface area contributed by atoms with E-state index in [0.717, 1.165) is 32.7 Å². The second kappa shape index (κ2) is 7.51. The second-order valence-corrected chi connectivity index (χ2v) is 5.29. The van der Waals surface area contributed by atoms with E-state index >= 15 is 0 Å². The predicted octanol–water partition coefficient (Wildman–Crippen LogP) is 2.80. The molecule has 3 nitrogen and oxygen atoms in total. The number of hydrogen-bond acceptors (Lipinski definition) is 3. The minimum atomic E-state index is 0.597. The van der Waals surface area contributed by atoms with E-state index < -0.39 is 0 Å². The highest BCUT2D eigenvalue weighted by Gasteiger charge is 2.20. The van der Waals surface area contributed by atoms with Crippen LogP contribution in [0.5, 0.6) is 0 Å². The minimum Gasteiger partial charge on any atom is -0.385 e. The van der Waals surface area contributed by atoms with E-state index in [9.17, 15) is 0 Å². The van der Waals surface area contributed by atoms with E-state index in [4.69, 9.17) is 4.74 Å². The molecule has 19 heavy (non-hydrogen) atoms. The molecule has 0 aromatic heterocycles. The summed E-state index contributed by atoms with van der Waals surface area (Å²) in [6.45, 7) is 6.27. The van der Waals surface area contributed by atoms with Gasteiger partial charge in [0.15, 0.2) is 0 Å². The van der Waals surface area contributed by atoms with Gasteiger partial charge >= 0.3 is 0 Å². The molecule has 1 heterocycles. The van der Waals surface area contributed by atoms with Gasteiger partial charge in [-0.25, -0.2) is 0 Å². The highest BCUT2D eigenvalue weighted by atomic mass is 16.5. The van der Waals surface area contributed by atoms with Crippen LogP contribution in [-0.2, 0) is 11.3 Å². The molecule has 0 spiro atoms. The van der Waals surface area contributed by atoms with Gasteiger partial charge in [-0.2, -0.15) is 0 Å². The van der Waals surface area contributed by atoms with Crippen LogP contribution >= 0.6 is 0 Å². The standard InChI is InChI=1S/C16H26N2O/c1-3-7-15-13-18(10-6-11-19-2)16-9-5-4-8-14(16)12-17-15/h4-5,8-9,15,17H,3,6-7,10-13H2,1-2H3. The number of methoxy groups -OCH3 is 1. The van der Waals surface area contributed by atoms with E-state index in [1.54, 1.807) is 7.11 Å². The van der Waals surface area contributed by atoms with Crippen LogP contribution in [0.15, 0.2) is 24.3 Å². The number of benzene rings is 1. The Kier molecular flexibility index (Phi) is 5.67. The molecular weight excluding hydrogens is 236 g/mol. The Hall–Kier alpha value is -1.06. The lowest BCUT2D eigenvalue weighted by molar-refractivity contribution is 0.196. The maximum absolute atomic E-state index is 5.18. The van der Waals surface area contributed by atoms with Crippen molar-refractivity contribution >= 4 is 5.69 Å². The zero-order valence-corrected chi connectivity index (χ0v) is 12.2. The zero-order valence-electron chi connectivity index (χ0n) is 12.2. The second-order valence-electron chi connectivity index (χ2n) is 5.29. The zero-order chi connectivity index (χ0) is 13.5. The molecule has 1 aromatic carbocycles. The number of rotatable bonds is 6. The van der Waals surface area contributed by atoms with Crippen LogP contribution in [0.2, 0.25) is 0 Å². The summed E-state index contributed by atoms with van der Waals surface area (Å²) >= 11 is 0. The quantitative estimate of drug-likeness (QED) is 0.798. The van der Waals surface area contributed by atoms with Gasteiger partial charge in [0, 0.05) is 45.1 Å². The molecule has 0 bridgehead atoms. The summed E-state index contributed by atoms with van der Waals surface area (Å²) in [6.07, 6.45) is 3.57. The molecule has 0 saturated carbocycles. The summed E-state index contributed by atoms with van der Waals surface area (Å²) in [5, 5.41) is 3.69. The fraction of sp³-hybridized carbons (Fsp3) is 0.625. The summed E-state index contributed by atoms with van der Waals surface area (Å²) in [7, 11) is 1.78. The normalized spacial score (nSPS) is 19.1. The molecule has 2 rings (SSSR count). The molecule has 1 N–H and O–H groups in total. The van der Waals surface area contributed by atoms with Gasteiger partial charge in [-0.3, -0.25) is 0 Å². The van der Waals surface area contributed by atoms with Crippen LogP contribution in [0.1, 0.15) is 31.7 Å². The van der Waals surface area contributed by atoms with Crippen molar-refractivity contribution in [3.8, 4) is 0 Å². The van der Waals surface area contributed by atoms with Crippen molar-refractivity contribution in [1.82, 2.24) is 5.32 Å². The third kappa shape index (κ3) is 3.95. The van der Waals surface area contributed by atoms with Crippen molar-refractivity contribution in [2.45, 2.75) is 38.8 Å².